The Balaban J connectivity index is 1.39. The number of aliphatic hydroxyl groups is 1. The first-order valence-corrected chi connectivity index (χ1v) is 14.1. The average Bonchev–Trinajstić information content (AvgIpc) is 3.05. The van der Waals surface area contributed by atoms with E-state index in [0.29, 0.717) is 39.1 Å². The van der Waals surface area contributed by atoms with Crippen molar-refractivity contribution in [1.82, 2.24) is 0 Å². The van der Waals surface area contributed by atoms with E-state index >= 15 is 0 Å². The van der Waals surface area contributed by atoms with Gasteiger partial charge in [-0.1, -0.05) is 48.5 Å². The van der Waals surface area contributed by atoms with Gasteiger partial charge in [0.2, 0.25) is 0 Å². The first-order chi connectivity index (χ1) is 14.8. The molecule has 2 heteroatoms. The third-order valence-corrected chi connectivity index (χ3v) is 14.1. The summed E-state index contributed by atoms with van der Waals surface area (Å²) in [5.74, 6) is 3.11. The van der Waals surface area contributed by atoms with Crippen molar-refractivity contribution in [2.24, 2.45) is 56.2 Å². The molecule has 0 aromatic rings. The third kappa shape index (κ3) is 2.41. The van der Waals surface area contributed by atoms with E-state index < -0.39 is 0 Å². The molecule has 1 heterocycles. The number of hydrogen-bond donors (Lipinski definition) is 1. The predicted molar refractivity (Wildman–Crippen MR) is 130 cm³/mol. The van der Waals surface area contributed by atoms with Gasteiger partial charge >= 0.3 is 0 Å². The summed E-state index contributed by atoms with van der Waals surface area (Å²) in [5, 5.41) is 10.9. The highest BCUT2D eigenvalue weighted by Gasteiger charge is 2.72. The Kier molecular flexibility index (Phi) is 4.46. The molecule has 0 radical (unpaired) electrons. The van der Waals surface area contributed by atoms with Crippen molar-refractivity contribution in [2.75, 3.05) is 6.61 Å². The maximum Gasteiger partial charge on any atom is 0.0663 e. The minimum Gasteiger partial charge on any atom is -0.393 e. The summed E-state index contributed by atoms with van der Waals surface area (Å²) in [5.41, 5.74) is 2.16. The zero-order valence-corrected chi connectivity index (χ0v) is 22.1. The second kappa shape index (κ2) is 6.37. The lowest BCUT2D eigenvalue weighted by atomic mass is 9.31. The van der Waals surface area contributed by atoms with E-state index in [1.807, 2.05) is 0 Å². The van der Waals surface area contributed by atoms with Gasteiger partial charge in [-0.25, -0.2) is 0 Å². The molecule has 0 amide bonds. The third-order valence-electron chi connectivity index (χ3n) is 14.1. The Morgan fingerprint density at radius 3 is 2.16 bits per heavy atom. The Morgan fingerprint density at radius 2 is 1.41 bits per heavy atom. The second-order valence-corrected chi connectivity index (χ2v) is 15.7. The van der Waals surface area contributed by atoms with E-state index in [2.05, 4.69) is 48.5 Å². The summed E-state index contributed by atoms with van der Waals surface area (Å²) < 4.78 is 6.71. The topological polar surface area (TPSA) is 29.5 Å². The van der Waals surface area contributed by atoms with Gasteiger partial charge in [0.05, 0.1) is 18.8 Å². The maximum absolute atomic E-state index is 10.9. The van der Waals surface area contributed by atoms with Crippen molar-refractivity contribution < 1.29 is 9.84 Å². The SMILES string of the molecule is CC1(C)CC[C@@]23CC[C@]4(C)[C@H](CC[C@@H]5[C@]6(C)CC[C@H](O)C(C)(C)[C@@H]6CC[C@@]54C)[C@H]2[C@H]1OC3. The number of aliphatic hydroxyl groups excluding tert-OH is 1. The van der Waals surface area contributed by atoms with Gasteiger partial charge in [-0.15, -0.1) is 0 Å². The summed E-state index contributed by atoms with van der Waals surface area (Å²) in [6.07, 6.45) is 13.7. The normalized spacial score (nSPS) is 60.0. The molecule has 0 spiro atoms. The minimum atomic E-state index is -0.122. The van der Waals surface area contributed by atoms with Crippen LogP contribution in [0.2, 0.25) is 0 Å². The fourth-order valence-electron chi connectivity index (χ4n) is 12.0. The smallest absolute Gasteiger partial charge is 0.0663 e. The van der Waals surface area contributed by atoms with Crippen molar-refractivity contribution in [3.8, 4) is 0 Å². The fraction of sp³-hybridized carbons (Fsp3) is 1.00. The first kappa shape index (κ1) is 22.4. The number of rotatable bonds is 0. The molecule has 182 valence electrons. The summed E-state index contributed by atoms with van der Waals surface area (Å²) in [4.78, 5) is 0. The Bertz CT molecular complexity index is 801. The summed E-state index contributed by atoms with van der Waals surface area (Å²) >= 11 is 0. The maximum atomic E-state index is 10.9. The van der Waals surface area contributed by atoms with Crippen molar-refractivity contribution in [3.63, 3.8) is 0 Å². The quantitative estimate of drug-likeness (QED) is 0.428. The van der Waals surface area contributed by atoms with Gasteiger partial charge in [-0.05, 0) is 120 Å². The van der Waals surface area contributed by atoms with Crippen LogP contribution in [0.3, 0.4) is 0 Å². The first-order valence-electron chi connectivity index (χ1n) is 14.1. The molecule has 6 rings (SSSR count). The molecule has 0 aromatic heterocycles. The van der Waals surface area contributed by atoms with Crippen LogP contribution < -0.4 is 0 Å². The van der Waals surface area contributed by atoms with Gasteiger partial charge < -0.3 is 9.84 Å². The Hall–Kier alpha value is -0.0800. The molecular weight excluding hydrogens is 392 g/mol. The second-order valence-electron chi connectivity index (χ2n) is 15.7. The van der Waals surface area contributed by atoms with Crippen molar-refractivity contribution >= 4 is 0 Å². The lowest BCUT2D eigenvalue weighted by Crippen LogP contribution is -2.67. The Morgan fingerprint density at radius 1 is 0.688 bits per heavy atom. The van der Waals surface area contributed by atoms with Crippen LogP contribution in [0.4, 0.5) is 0 Å². The highest BCUT2D eigenvalue weighted by Crippen LogP contribution is 2.78. The molecule has 2 nitrogen and oxygen atoms in total. The summed E-state index contributed by atoms with van der Waals surface area (Å²) in [6.45, 7) is 18.9. The van der Waals surface area contributed by atoms with Crippen LogP contribution in [0.25, 0.3) is 0 Å². The van der Waals surface area contributed by atoms with E-state index in [4.69, 9.17) is 4.74 Å². The zero-order valence-electron chi connectivity index (χ0n) is 22.1. The molecule has 6 aliphatic rings. The average molecular weight is 443 g/mol. The summed E-state index contributed by atoms with van der Waals surface area (Å²) in [7, 11) is 0. The van der Waals surface area contributed by atoms with Crippen molar-refractivity contribution in [3.05, 3.63) is 0 Å². The lowest BCUT2D eigenvalue weighted by molar-refractivity contribution is -0.252. The standard InChI is InChI=1S/C30H50O2/c1-25(2)14-16-30-17-15-28(6)19(23(30)24(25)32-18-30)8-9-21-27(5)12-11-22(31)26(3,4)20(27)10-13-29(21,28)7/h19-24,31H,8-18H2,1-7H3/t19-,20+,21-,22+,23+,24-,27-,28-,29+,30+/m1/s1. The molecule has 1 aliphatic heterocycles. The zero-order chi connectivity index (χ0) is 22.9. The van der Waals surface area contributed by atoms with Gasteiger partial charge in [0.15, 0.2) is 0 Å². The molecule has 10 atom stereocenters. The minimum absolute atomic E-state index is 0.0586. The summed E-state index contributed by atoms with van der Waals surface area (Å²) in [6, 6.07) is 0. The molecule has 2 bridgehead atoms. The van der Waals surface area contributed by atoms with E-state index in [1.54, 1.807) is 0 Å². The van der Waals surface area contributed by atoms with Crippen LogP contribution in [-0.2, 0) is 4.74 Å². The molecule has 1 N–H and O–H groups in total. The molecular formula is C30H50O2. The van der Waals surface area contributed by atoms with Crippen molar-refractivity contribution in [2.45, 2.75) is 125 Å². The molecule has 0 aromatic carbocycles. The molecule has 32 heavy (non-hydrogen) atoms. The van der Waals surface area contributed by atoms with Crippen LogP contribution in [0.15, 0.2) is 0 Å². The van der Waals surface area contributed by atoms with Gasteiger partial charge in [0, 0.05) is 0 Å². The highest BCUT2D eigenvalue weighted by atomic mass is 16.5. The predicted octanol–water partition coefficient (Wildman–Crippen LogP) is 7.24. The van der Waals surface area contributed by atoms with Crippen LogP contribution in [0, 0.1) is 56.2 Å². The molecule has 5 saturated carbocycles. The molecule has 5 aliphatic carbocycles. The molecule has 1 saturated heterocycles. The van der Waals surface area contributed by atoms with Gasteiger partial charge in [0.1, 0.15) is 0 Å². The highest BCUT2D eigenvalue weighted by molar-refractivity contribution is 5.21. The molecule has 6 fully saturated rings. The van der Waals surface area contributed by atoms with Gasteiger partial charge in [-0.2, -0.15) is 0 Å². The van der Waals surface area contributed by atoms with Gasteiger partial charge in [-0.3, -0.25) is 0 Å². The van der Waals surface area contributed by atoms with Crippen LogP contribution in [0.1, 0.15) is 113 Å². The van der Waals surface area contributed by atoms with Crippen LogP contribution in [0.5, 0.6) is 0 Å². The Labute approximate surface area is 197 Å². The molecule has 0 unspecified atom stereocenters. The largest absolute Gasteiger partial charge is 0.393 e. The van der Waals surface area contributed by atoms with Gasteiger partial charge in [0.25, 0.3) is 0 Å². The number of hydrogen-bond acceptors (Lipinski definition) is 2. The van der Waals surface area contributed by atoms with E-state index in [9.17, 15) is 5.11 Å². The van der Waals surface area contributed by atoms with Crippen molar-refractivity contribution in [1.29, 1.82) is 0 Å². The monoisotopic (exact) mass is 442 g/mol. The van der Waals surface area contributed by atoms with Crippen LogP contribution in [-0.4, -0.2) is 23.9 Å². The fourth-order valence-corrected chi connectivity index (χ4v) is 12.0. The number of ether oxygens (including phenoxy) is 1. The number of fused-ring (bicyclic) bond motifs is 5. The lowest BCUT2D eigenvalue weighted by Gasteiger charge is -2.73. The van der Waals surface area contributed by atoms with E-state index in [0.717, 1.165) is 30.8 Å². The van der Waals surface area contributed by atoms with E-state index in [1.165, 1.54) is 57.8 Å². The van der Waals surface area contributed by atoms with E-state index in [-0.39, 0.29) is 11.5 Å². The van der Waals surface area contributed by atoms with Crippen LogP contribution >= 0.6 is 0 Å².